The summed E-state index contributed by atoms with van der Waals surface area (Å²) in [6.45, 7) is 10.2. The Morgan fingerprint density at radius 1 is 0.926 bits per heavy atom. The highest BCUT2D eigenvalue weighted by Crippen LogP contribution is 2.21. The number of ether oxygens (including phenoxy) is 2. The monoisotopic (exact) mass is 381 g/mol. The number of carboxylic acid groups (broad SMARTS) is 1. The predicted molar refractivity (Wildman–Crippen MR) is 97.4 cm³/mol. The van der Waals surface area contributed by atoms with Gasteiger partial charge >= 0.3 is 18.0 Å². The summed E-state index contributed by atoms with van der Waals surface area (Å²) in [7, 11) is 0. The molecular weight excluding hydrogens is 354 g/mol. The minimum atomic E-state index is -1.90. The number of hydrogen-bond donors (Lipinski definition) is 3. The van der Waals surface area contributed by atoms with E-state index in [2.05, 4.69) is 5.32 Å². The van der Waals surface area contributed by atoms with Gasteiger partial charge in [-0.25, -0.2) is 14.4 Å². The molecule has 0 heterocycles. The molecule has 2 atom stereocenters. The molecule has 0 aromatic heterocycles. The summed E-state index contributed by atoms with van der Waals surface area (Å²) in [6.07, 6.45) is -2.77. The first-order valence-corrected chi connectivity index (χ1v) is 8.43. The van der Waals surface area contributed by atoms with Crippen molar-refractivity contribution < 1.29 is 34.1 Å². The van der Waals surface area contributed by atoms with E-state index < -0.39 is 41.4 Å². The number of esters is 1. The number of aliphatic carboxylic acids is 1. The molecule has 0 aliphatic heterocycles. The first-order valence-electron chi connectivity index (χ1n) is 8.43. The van der Waals surface area contributed by atoms with E-state index in [9.17, 15) is 19.5 Å². The number of nitrogens with one attached hydrogen (secondary N) is 1. The Balaban J connectivity index is 3.04. The number of hydrogen-bond acceptors (Lipinski definition) is 6. The first-order chi connectivity index (χ1) is 12.2. The van der Waals surface area contributed by atoms with Crippen molar-refractivity contribution in [3.05, 3.63) is 35.4 Å². The lowest BCUT2D eigenvalue weighted by Gasteiger charge is -2.25. The molecule has 27 heavy (non-hydrogen) atoms. The van der Waals surface area contributed by atoms with Gasteiger partial charge in [0.1, 0.15) is 11.2 Å². The SMILES string of the molecule is CC(C)(C)OC(=O)N[C@@H](c1ccc(C(=O)OC(C)(C)C)cc1)[C@@H](O)C(=O)O. The summed E-state index contributed by atoms with van der Waals surface area (Å²) in [6, 6.07) is 4.48. The maximum Gasteiger partial charge on any atom is 0.408 e. The Labute approximate surface area is 158 Å². The van der Waals surface area contributed by atoms with Crippen LogP contribution in [0, 0.1) is 0 Å². The van der Waals surface area contributed by atoms with Crippen molar-refractivity contribution in [2.75, 3.05) is 0 Å². The number of alkyl carbamates (subject to hydrolysis) is 1. The lowest BCUT2D eigenvalue weighted by Crippen LogP contribution is -2.42. The number of carboxylic acids is 1. The maximum atomic E-state index is 12.1. The fourth-order valence-corrected chi connectivity index (χ4v) is 2.09. The Kier molecular flexibility index (Phi) is 6.97. The van der Waals surface area contributed by atoms with Gasteiger partial charge in [0.15, 0.2) is 6.10 Å². The largest absolute Gasteiger partial charge is 0.479 e. The van der Waals surface area contributed by atoms with Gasteiger partial charge in [-0.05, 0) is 59.2 Å². The minimum Gasteiger partial charge on any atom is -0.479 e. The van der Waals surface area contributed by atoms with E-state index in [1.165, 1.54) is 24.3 Å². The molecule has 0 spiro atoms. The van der Waals surface area contributed by atoms with Gasteiger partial charge in [0.05, 0.1) is 11.6 Å². The summed E-state index contributed by atoms with van der Waals surface area (Å²) >= 11 is 0. The average Bonchev–Trinajstić information content (AvgIpc) is 2.48. The van der Waals surface area contributed by atoms with Gasteiger partial charge in [0, 0.05) is 0 Å². The molecule has 1 amide bonds. The molecule has 0 saturated carbocycles. The Morgan fingerprint density at radius 3 is 1.81 bits per heavy atom. The van der Waals surface area contributed by atoms with Gasteiger partial charge in [-0.15, -0.1) is 0 Å². The van der Waals surface area contributed by atoms with Gasteiger partial charge in [0.25, 0.3) is 0 Å². The molecule has 0 aliphatic carbocycles. The fourth-order valence-electron chi connectivity index (χ4n) is 2.09. The zero-order valence-corrected chi connectivity index (χ0v) is 16.4. The summed E-state index contributed by atoms with van der Waals surface area (Å²) in [5, 5.41) is 21.4. The van der Waals surface area contributed by atoms with Crippen LogP contribution in [0.3, 0.4) is 0 Å². The summed E-state index contributed by atoms with van der Waals surface area (Å²) in [4.78, 5) is 35.2. The summed E-state index contributed by atoms with van der Waals surface area (Å²) < 4.78 is 10.4. The average molecular weight is 381 g/mol. The van der Waals surface area contributed by atoms with Crippen molar-refractivity contribution in [1.29, 1.82) is 0 Å². The molecule has 0 radical (unpaired) electrons. The van der Waals surface area contributed by atoms with E-state index in [1.807, 2.05) is 0 Å². The van der Waals surface area contributed by atoms with Crippen LogP contribution in [0.4, 0.5) is 4.79 Å². The third kappa shape index (κ3) is 7.65. The van der Waals surface area contributed by atoms with Crippen LogP contribution in [0.1, 0.15) is 63.5 Å². The van der Waals surface area contributed by atoms with E-state index in [4.69, 9.17) is 14.6 Å². The molecule has 1 rings (SSSR count). The van der Waals surface area contributed by atoms with Crippen LogP contribution in [0.15, 0.2) is 24.3 Å². The summed E-state index contributed by atoms with van der Waals surface area (Å²) in [5.41, 5.74) is -0.892. The van der Waals surface area contributed by atoms with Crippen LogP contribution in [0.5, 0.6) is 0 Å². The van der Waals surface area contributed by atoms with E-state index in [0.29, 0.717) is 5.56 Å². The van der Waals surface area contributed by atoms with E-state index in [1.54, 1.807) is 41.5 Å². The Bertz CT molecular complexity index is 683. The normalized spacial score (nSPS) is 14.0. The lowest BCUT2D eigenvalue weighted by atomic mass is 10.00. The van der Waals surface area contributed by atoms with Crippen molar-refractivity contribution in [2.45, 2.75) is 64.9 Å². The first kappa shape index (κ1) is 22.4. The number of benzene rings is 1. The number of carbonyl (C=O) groups excluding carboxylic acids is 2. The minimum absolute atomic E-state index is 0.259. The van der Waals surface area contributed by atoms with Crippen LogP contribution in [0.25, 0.3) is 0 Å². The van der Waals surface area contributed by atoms with Crippen molar-refractivity contribution in [1.82, 2.24) is 5.32 Å². The molecule has 1 aromatic rings. The highest BCUT2D eigenvalue weighted by atomic mass is 16.6. The molecule has 0 saturated heterocycles. The zero-order chi connectivity index (χ0) is 21.0. The van der Waals surface area contributed by atoms with Gasteiger partial charge < -0.3 is 25.0 Å². The maximum absolute atomic E-state index is 12.1. The lowest BCUT2D eigenvalue weighted by molar-refractivity contribution is -0.148. The molecule has 3 N–H and O–H groups in total. The second-order valence-electron chi connectivity index (χ2n) is 8.03. The van der Waals surface area contributed by atoms with E-state index >= 15 is 0 Å². The second kappa shape index (κ2) is 8.39. The molecule has 0 aliphatic rings. The molecule has 1 aromatic carbocycles. The molecule has 8 heteroatoms. The Morgan fingerprint density at radius 2 is 1.41 bits per heavy atom. The Hall–Kier alpha value is -2.61. The smallest absolute Gasteiger partial charge is 0.408 e. The fraction of sp³-hybridized carbons (Fsp3) is 0.526. The second-order valence-corrected chi connectivity index (χ2v) is 8.03. The van der Waals surface area contributed by atoms with E-state index in [-0.39, 0.29) is 5.56 Å². The molecule has 0 fully saturated rings. The van der Waals surface area contributed by atoms with Crippen LogP contribution < -0.4 is 5.32 Å². The van der Waals surface area contributed by atoms with E-state index in [0.717, 1.165) is 0 Å². The van der Waals surface area contributed by atoms with Crippen LogP contribution in [0.2, 0.25) is 0 Å². The van der Waals surface area contributed by atoms with Crippen molar-refractivity contribution in [2.24, 2.45) is 0 Å². The van der Waals surface area contributed by atoms with Crippen LogP contribution in [-0.2, 0) is 14.3 Å². The number of amides is 1. The summed E-state index contributed by atoms with van der Waals surface area (Å²) in [5.74, 6) is -2.04. The van der Waals surface area contributed by atoms with Crippen molar-refractivity contribution in [3.63, 3.8) is 0 Å². The van der Waals surface area contributed by atoms with Crippen molar-refractivity contribution in [3.8, 4) is 0 Å². The highest BCUT2D eigenvalue weighted by Gasteiger charge is 2.31. The zero-order valence-electron chi connectivity index (χ0n) is 16.4. The van der Waals surface area contributed by atoms with Crippen molar-refractivity contribution >= 4 is 18.0 Å². The van der Waals surface area contributed by atoms with Crippen LogP contribution >= 0.6 is 0 Å². The topological polar surface area (TPSA) is 122 Å². The standard InChI is InChI=1S/C19H27NO7/c1-18(2,3)26-16(24)12-9-7-11(8-10-12)13(14(21)15(22)23)20-17(25)27-19(4,5)6/h7-10,13-14,21H,1-6H3,(H,20,25)(H,22,23)/t13-,14+/m0/s1. The van der Waals surface area contributed by atoms with Gasteiger partial charge in [-0.3, -0.25) is 0 Å². The molecule has 8 nitrogen and oxygen atoms in total. The van der Waals surface area contributed by atoms with Gasteiger partial charge in [0.2, 0.25) is 0 Å². The number of aliphatic hydroxyl groups is 1. The van der Waals surface area contributed by atoms with Crippen LogP contribution in [-0.4, -0.2) is 45.6 Å². The van der Waals surface area contributed by atoms with Gasteiger partial charge in [-0.2, -0.15) is 0 Å². The number of rotatable bonds is 5. The molecule has 0 unspecified atom stereocenters. The highest BCUT2D eigenvalue weighted by molar-refractivity contribution is 5.89. The third-order valence-corrected chi connectivity index (χ3v) is 3.15. The van der Waals surface area contributed by atoms with Gasteiger partial charge in [-0.1, -0.05) is 12.1 Å². The quantitative estimate of drug-likeness (QED) is 0.670. The predicted octanol–water partition coefficient (Wildman–Crippen LogP) is 2.65. The molecule has 150 valence electrons. The molecular formula is C19H27NO7. The number of aliphatic hydroxyl groups excluding tert-OH is 1. The molecule has 0 bridgehead atoms. The number of carbonyl (C=O) groups is 3. The third-order valence-electron chi connectivity index (χ3n) is 3.15.